The summed E-state index contributed by atoms with van der Waals surface area (Å²) in [6.45, 7) is 1.89. The lowest BCUT2D eigenvalue weighted by atomic mass is 9.90. The number of halogens is 3. The fourth-order valence-electron chi connectivity index (χ4n) is 7.90. The monoisotopic (exact) mass is 626 g/mol. The molecule has 4 aliphatic heterocycles. The number of anilines is 1. The van der Waals surface area contributed by atoms with Crippen LogP contribution in [0.5, 0.6) is 17.6 Å². The Morgan fingerprint density at radius 1 is 1.15 bits per heavy atom. The van der Waals surface area contributed by atoms with Crippen molar-refractivity contribution in [1.82, 2.24) is 19.9 Å². The number of phenols is 1. The third kappa shape index (κ3) is 4.31. The molecule has 4 atom stereocenters. The molecule has 0 amide bonds. The summed E-state index contributed by atoms with van der Waals surface area (Å²) < 4.78 is 58.7. The maximum Gasteiger partial charge on any atom is 0.319 e. The van der Waals surface area contributed by atoms with Crippen LogP contribution >= 0.6 is 0 Å². The molecule has 0 bridgehead atoms. The first-order chi connectivity index (χ1) is 22.3. The number of hydrogen-bond acceptors (Lipinski definition) is 9. The molecule has 0 aliphatic carbocycles. The summed E-state index contributed by atoms with van der Waals surface area (Å²) in [6, 6.07) is 7.21. The van der Waals surface area contributed by atoms with E-state index in [0.29, 0.717) is 43.6 Å². The number of aromatic nitrogens is 3. The lowest BCUT2D eigenvalue weighted by Gasteiger charge is -2.38. The van der Waals surface area contributed by atoms with Crippen molar-refractivity contribution in [2.24, 2.45) is 5.92 Å². The maximum absolute atomic E-state index is 16.9. The highest BCUT2D eigenvalue weighted by Crippen LogP contribution is 2.45. The molecule has 1 N–H and O–H groups in total. The standard InChI is InChI=1S/C34H29F3N6O3/c1-2-22-24(36)7-6-18-11-21(44)12-23(26(18)22)29-28(37)30-27-31(43-10-3-5-19(14-38)25(43)16-45-32(27)39-29)41-33(40-30)46-17-34-8-4-9-42(34)15-20(35)13-34/h1,6-7,11-12,19-20,25,44H,3-5,8-10,13,15-17H2/t19?,20-,25?,34?/m1/s1. The zero-order valence-corrected chi connectivity index (χ0v) is 24.8. The van der Waals surface area contributed by atoms with Crippen LogP contribution in [0.1, 0.15) is 37.7 Å². The summed E-state index contributed by atoms with van der Waals surface area (Å²) in [7, 11) is 0. The number of terminal acetylenes is 1. The number of hydrogen-bond donors (Lipinski definition) is 1. The number of rotatable bonds is 4. The number of fused-ring (bicyclic) bond motifs is 4. The Morgan fingerprint density at radius 2 is 2.02 bits per heavy atom. The molecule has 4 aliphatic rings. The molecule has 3 fully saturated rings. The minimum absolute atomic E-state index is 0.0332. The summed E-state index contributed by atoms with van der Waals surface area (Å²) in [5.74, 6) is 0.599. The third-order valence-electron chi connectivity index (χ3n) is 10.0. The van der Waals surface area contributed by atoms with Gasteiger partial charge in [-0.3, -0.25) is 4.90 Å². The van der Waals surface area contributed by atoms with Gasteiger partial charge in [-0.15, -0.1) is 6.42 Å². The van der Waals surface area contributed by atoms with Gasteiger partial charge in [0, 0.05) is 30.5 Å². The molecule has 234 valence electrons. The van der Waals surface area contributed by atoms with Crippen LogP contribution in [-0.2, 0) is 0 Å². The van der Waals surface area contributed by atoms with Gasteiger partial charge in [-0.2, -0.15) is 15.2 Å². The first-order valence-corrected chi connectivity index (χ1v) is 15.4. The van der Waals surface area contributed by atoms with Crippen LogP contribution in [0.3, 0.4) is 0 Å². The van der Waals surface area contributed by atoms with Gasteiger partial charge < -0.3 is 19.5 Å². The molecule has 3 unspecified atom stereocenters. The second-order valence-electron chi connectivity index (χ2n) is 12.6. The van der Waals surface area contributed by atoms with E-state index in [1.807, 2.05) is 4.90 Å². The Morgan fingerprint density at radius 3 is 2.85 bits per heavy atom. The van der Waals surface area contributed by atoms with Crippen LogP contribution in [-0.4, -0.2) is 75.6 Å². The lowest BCUT2D eigenvalue weighted by molar-refractivity contribution is 0.107. The van der Waals surface area contributed by atoms with Gasteiger partial charge in [0.25, 0.3) is 0 Å². The van der Waals surface area contributed by atoms with Crippen LogP contribution in [0.4, 0.5) is 19.0 Å². The zero-order chi connectivity index (χ0) is 31.7. The van der Waals surface area contributed by atoms with Crippen molar-refractivity contribution in [3.05, 3.63) is 41.5 Å². The number of ether oxygens (including phenoxy) is 2. The normalized spacial score (nSPS) is 25.4. The summed E-state index contributed by atoms with van der Waals surface area (Å²) in [5.41, 5.74) is -0.941. The highest BCUT2D eigenvalue weighted by Gasteiger charge is 2.49. The van der Waals surface area contributed by atoms with Crippen molar-refractivity contribution < 1.29 is 27.8 Å². The fraction of sp³-hybridized carbons (Fsp3) is 0.412. The summed E-state index contributed by atoms with van der Waals surface area (Å²) in [6.07, 6.45) is 8.15. The number of aromatic hydroxyl groups is 1. The smallest absolute Gasteiger partial charge is 0.319 e. The quantitative estimate of drug-likeness (QED) is 0.304. The number of alkyl halides is 1. The molecular formula is C34H29F3N6O3. The van der Waals surface area contributed by atoms with E-state index in [-0.39, 0.29) is 75.9 Å². The molecule has 9 nitrogen and oxygen atoms in total. The number of benzene rings is 2. The number of nitrogens with zero attached hydrogens (tertiary/aromatic N) is 6. The first kappa shape index (κ1) is 28.6. The van der Waals surface area contributed by atoms with Crippen LogP contribution in [0.2, 0.25) is 0 Å². The minimum atomic E-state index is -0.955. The number of piperidine rings is 1. The summed E-state index contributed by atoms with van der Waals surface area (Å²) in [5, 5.41) is 21.4. The van der Waals surface area contributed by atoms with Crippen molar-refractivity contribution >= 4 is 27.5 Å². The van der Waals surface area contributed by atoms with Crippen molar-refractivity contribution in [3.63, 3.8) is 0 Å². The molecule has 2 aromatic heterocycles. The second-order valence-corrected chi connectivity index (χ2v) is 12.6. The first-order valence-electron chi connectivity index (χ1n) is 15.4. The van der Waals surface area contributed by atoms with Gasteiger partial charge in [0.15, 0.2) is 5.82 Å². The van der Waals surface area contributed by atoms with E-state index in [4.69, 9.17) is 20.9 Å². The molecular weight excluding hydrogens is 597 g/mol. The zero-order valence-electron chi connectivity index (χ0n) is 24.8. The van der Waals surface area contributed by atoms with E-state index in [0.717, 1.165) is 19.4 Å². The molecule has 0 radical (unpaired) electrons. The van der Waals surface area contributed by atoms with E-state index in [1.54, 1.807) is 0 Å². The molecule has 8 rings (SSSR count). The number of phenolic OH excluding ortho intramolecular Hbond substituents is 1. The highest BCUT2D eigenvalue weighted by atomic mass is 19.1. The van der Waals surface area contributed by atoms with Gasteiger partial charge in [0.05, 0.1) is 29.1 Å². The van der Waals surface area contributed by atoms with Crippen molar-refractivity contribution in [3.8, 4) is 47.3 Å². The Labute approximate surface area is 262 Å². The van der Waals surface area contributed by atoms with Crippen LogP contribution in [0, 0.1) is 41.2 Å². The van der Waals surface area contributed by atoms with Crippen LogP contribution in [0.25, 0.3) is 32.9 Å². The SMILES string of the molecule is C#Cc1c(F)ccc2cc(O)cc(-c3nc4c5c(nc(OCC67CCCN6C[C@H](F)C7)nc5c3F)N3CCCC(C#N)C3CO4)c12. The molecule has 0 spiro atoms. The highest BCUT2D eigenvalue weighted by molar-refractivity contribution is 6.04. The molecule has 6 heterocycles. The fourth-order valence-corrected chi connectivity index (χ4v) is 7.90. The predicted molar refractivity (Wildman–Crippen MR) is 163 cm³/mol. The van der Waals surface area contributed by atoms with Gasteiger partial charge in [0.2, 0.25) is 5.88 Å². The van der Waals surface area contributed by atoms with Gasteiger partial charge in [-0.05, 0) is 55.8 Å². The largest absolute Gasteiger partial charge is 0.508 e. The van der Waals surface area contributed by atoms with E-state index >= 15 is 4.39 Å². The lowest BCUT2D eigenvalue weighted by Crippen LogP contribution is -2.48. The Bertz CT molecular complexity index is 2010. The molecule has 46 heavy (non-hydrogen) atoms. The summed E-state index contributed by atoms with van der Waals surface area (Å²) >= 11 is 0. The van der Waals surface area contributed by atoms with Crippen molar-refractivity contribution in [2.75, 3.05) is 37.7 Å². The van der Waals surface area contributed by atoms with E-state index in [2.05, 4.69) is 26.9 Å². The summed E-state index contributed by atoms with van der Waals surface area (Å²) in [4.78, 5) is 17.9. The van der Waals surface area contributed by atoms with Crippen LogP contribution < -0.4 is 14.4 Å². The molecule has 3 saturated heterocycles. The van der Waals surface area contributed by atoms with E-state index in [9.17, 15) is 19.1 Å². The van der Waals surface area contributed by atoms with E-state index in [1.165, 1.54) is 24.3 Å². The topological polar surface area (TPSA) is 108 Å². The third-order valence-corrected chi connectivity index (χ3v) is 10.0. The van der Waals surface area contributed by atoms with Gasteiger partial charge in [-0.1, -0.05) is 12.0 Å². The Balaban J connectivity index is 1.34. The number of pyridine rings is 1. The minimum Gasteiger partial charge on any atom is -0.508 e. The Hall–Kier alpha value is -4.81. The second kappa shape index (κ2) is 10.6. The predicted octanol–water partition coefficient (Wildman–Crippen LogP) is 5.27. The van der Waals surface area contributed by atoms with Crippen molar-refractivity contribution in [1.29, 1.82) is 5.26 Å². The van der Waals surface area contributed by atoms with E-state index < -0.39 is 23.3 Å². The average Bonchev–Trinajstić information content (AvgIpc) is 3.52. The molecule has 0 saturated carbocycles. The maximum atomic E-state index is 16.9. The van der Waals surface area contributed by atoms with Crippen molar-refractivity contribution in [2.45, 2.75) is 49.9 Å². The van der Waals surface area contributed by atoms with Gasteiger partial charge in [0.1, 0.15) is 53.4 Å². The van der Waals surface area contributed by atoms with Crippen LogP contribution in [0.15, 0.2) is 24.3 Å². The molecule has 4 aromatic rings. The average molecular weight is 627 g/mol. The Kier molecular flexibility index (Phi) is 6.62. The molecule has 2 aromatic carbocycles. The van der Waals surface area contributed by atoms with Gasteiger partial charge in [-0.25, -0.2) is 18.2 Å². The number of nitriles is 1. The van der Waals surface area contributed by atoms with Gasteiger partial charge >= 0.3 is 6.01 Å². The molecule has 12 heteroatoms.